The van der Waals surface area contributed by atoms with Crippen LogP contribution in [0.2, 0.25) is 8.67 Å². The van der Waals surface area contributed by atoms with E-state index in [4.69, 9.17) is 33.4 Å². The average Bonchev–Trinajstić information content (AvgIpc) is 2.55. The van der Waals surface area contributed by atoms with Crippen molar-refractivity contribution in [3.05, 3.63) is 19.8 Å². The minimum Gasteiger partial charge on any atom is -0.478 e. The van der Waals surface area contributed by atoms with Gasteiger partial charge in [0.2, 0.25) is 0 Å². The van der Waals surface area contributed by atoms with Gasteiger partial charge in [-0.25, -0.2) is 9.59 Å². The Balaban J connectivity index is 2.88. The number of hydrogen-bond acceptors (Lipinski definition) is 4. The zero-order valence-corrected chi connectivity index (χ0v) is 10.4. The lowest BCUT2D eigenvalue weighted by Crippen LogP contribution is -1.94. The molecular formula is C8H2Cl2O4S2. The second-order valence-corrected chi connectivity index (χ2v) is 6.02. The maximum Gasteiger partial charge on any atom is 0.339 e. The van der Waals surface area contributed by atoms with Gasteiger partial charge < -0.3 is 10.2 Å². The molecule has 0 aromatic carbocycles. The van der Waals surface area contributed by atoms with Crippen molar-refractivity contribution in [3.8, 4) is 0 Å². The molecule has 8 heteroatoms. The van der Waals surface area contributed by atoms with Crippen LogP contribution in [-0.4, -0.2) is 22.2 Å². The van der Waals surface area contributed by atoms with E-state index in [2.05, 4.69) is 0 Å². The van der Waals surface area contributed by atoms with E-state index in [1.807, 2.05) is 0 Å². The van der Waals surface area contributed by atoms with Gasteiger partial charge in [-0.1, -0.05) is 23.2 Å². The Labute approximate surface area is 107 Å². The molecule has 2 rings (SSSR count). The first-order valence-electron chi connectivity index (χ1n) is 3.80. The predicted octanol–water partition coefficient (Wildman–Crippen LogP) is 3.67. The largest absolute Gasteiger partial charge is 0.478 e. The van der Waals surface area contributed by atoms with Gasteiger partial charge in [-0.05, 0) is 0 Å². The van der Waals surface area contributed by atoms with Crippen molar-refractivity contribution in [1.82, 2.24) is 0 Å². The maximum atomic E-state index is 10.9. The normalized spacial score (nSPS) is 10.9. The van der Waals surface area contributed by atoms with E-state index in [9.17, 15) is 9.59 Å². The van der Waals surface area contributed by atoms with Crippen molar-refractivity contribution in [1.29, 1.82) is 0 Å². The Morgan fingerprint density at radius 1 is 0.875 bits per heavy atom. The third kappa shape index (κ3) is 1.58. The molecule has 84 valence electrons. The van der Waals surface area contributed by atoms with Crippen LogP contribution in [0.4, 0.5) is 0 Å². The predicted molar refractivity (Wildman–Crippen MR) is 63.6 cm³/mol. The van der Waals surface area contributed by atoms with Crippen molar-refractivity contribution in [2.75, 3.05) is 0 Å². The van der Waals surface area contributed by atoms with Crippen LogP contribution in [0.1, 0.15) is 20.7 Å². The summed E-state index contributed by atoms with van der Waals surface area (Å²) in [6.45, 7) is 0. The summed E-state index contributed by atoms with van der Waals surface area (Å²) in [6.07, 6.45) is 0. The van der Waals surface area contributed by atoms with Crippen LogP contribution in [0.15, 0.2) is 0 Å². The molecule has 0 amide bonds. The van der Waals surface area contributed by atoms with Crippen LogP contribution in [0.3, 0.4) is 0 Å². The number of halogens is 2. The average molecular weight is 297 g/mol. The third-order valence-corrected chi connectivity index (χ3v) is 4.83. The SMILES string of the molecule is O=C(O)c1c(Cl)sc2c(C(=O)O)c(Cl)sc12. The fourth-order valence-corrected chi connectivity index (χ4v) is 4.46. The number of rotatable bonds is 2. The monoisotopic (exact) mass is 296 g/mol. The fraction of sp³-hybridized carbons (Fsp3) is 0. The van der Waals surface area contributed by atoms with E-state index in [-0.39, 0.29) is 19.8 Å². The van der Waals surface area contributed by atoms with Gasteiger partial charge in [0, 0.05) is 0 Å². The lowest BCUT2D eigenvalue weighted by molar-refractivity contribution is 0.0688. The number of carboxylic acid groups (broad SMARTS) is 2. The number of carboxylic acids is 2. The molecule has 16 heavy (non-hydrogen) atoms. The summed E-state index contributed by atoms with van der Waals surface area (Å²) in [5.74, 6) is -2.38. The Morgan fingerprint density at radius 3 is 1.44 bits per heavy atom. The summed E-state index contributed by atoms with van der Waals surface area (Å²) in [5.41, 5.74) is -0.165. The lowest BCUT2D eigenvalue weighted by Gasteiger charge is -1.88. The molecule has 2 N–H and O–H groups in total. The summed E-state index contributed by atoms with van der Waals surface area (Å²) >= 11 is 13.3. The Bertz CT molecular complexity index is 559. The second-order valence-electron chi connectivity index (χ2n) is 2.77. The van der Waals surface area contributed by atoms with Gasteiger partial charge in [0.1, 0.15) is 19.8 Å². The summed E-state index contributed by atoms with van der Waals surface area (Å²) < 4.78 is 0.746. The topological polar surface area (TPSA) is 74.6 Å². The van der Waals surface area contributed by atoms with E-state index in [1.165, 1.54) is 0 Å². The molecule has 0 aliphatic rings. The molecule has 0 aliphatic carbocycles. The highest BCUT2D eigenvalue weighted by Gasteiger charge is 2.26. The highest BCUT2D eigenvalue weighted by atomic mass is 35.5. The van der Waals surface area contributed by atoms with Gasteiger partial charge in [0.05, 0.1) is 9.40 Å². The van der Waals surface area contributed by atoms with Crippen LogP contribution in [-0.2, 0) is 0 Å². The molecule has 0 saturated heterocycles. The van der Waals surface area contributed by atoms with Crippen molar-refractivity contribution < 1.29 is 19.8 Å². The number of fused-ring (bicyclic) bond motifs is 1. The molecule has 0 spiro atoms. The fourth-order valence-electron chi connectivity index (χ4n) is 1.24. The van der Waals surface area contributed by atoms with Gasteiger partial charge in [-0.2, -0.15) is 0 Å². The van der Waals surface area contributed by atoms with Crippen molar-refractivity contribution in [2.24, 2.45) is 0 Å². The third-order valence-electron chi connectivity index (χ3n) is 1.86. The van der Waals surface area contributed by atoms with Gasteiger partial charge in [0.15, 0.2) is 0 Å². The molecule has 0 radical (unpaired) electrons. The molecule has 2 heterocycles. The quantitative estimate of drug-likeness (QED) is 0.887. The van der Waals surface area contributed by atoms with Gasteiger partial charge in [0.25, 0.3) is 0 Å². The standard InChI is InChI=1S/C8H2Cl2O4S2/c9-5-1(7(11)12)3-4(16-5)2(8(13)14)6(10)15-3/h(H,11,12)(H,13,14). The van der Waals surface area contributed by atoms with Crippen LogP contribution >= 0.6 is 45.9 Å². The van der Waals surface area contributed by atoms with Crippen LogP contribution in [0.5, 0.6) is 0 Å². The Hall–Kier alpha value is -0.820. The van der Waals surface area contributed by atoms with Crippen molar-refractivity contribution >= 4 is 67.2 Å². The van der Waals surface area contributed by atoms with E-state index in [0.29, 0.717) is 9.40 Å². The highest BCUT2D eigenvalue weighted by molar-refractivity contribution is 7.32. The molecule has 0 aliphatic heterocycles. The number of thiophene rings is 2. The highest BCUT2D eigenvalue weighted by Crippen LogP contribution is 2.45. The lowest BCUT2D eigenvalue weighted by atomic mass is 10.2. The van der Waals surface area contributed by atoms with E-state index in [1.54, 1.807) is 0 Å². The van der Waals surface area contributed by atoms with Crippen LogP contribution < -0.4 is 0 Å². The number of carbonyl (C=O) groups is 2. The van der Waals surface area contributed by atoms with Crippen molar-refractivity contribution in [3.63, 3.8) is 0 Å². The van der Waals surface area contributed by atoms with Crippen LogP contribution in [0, 0.1) is 0 Å². The Kier molecular flexibility index (Phi) is 2.83. The first-order valence-corrected chi connectivity index (χ1v) is 6.19. The Morgan fingerprint density at radius 2 is 1.19 bits per heavy atom. The maximum absolute atomic E-state index is 10.9. The zero-order chi connectivity index (χ0) is 12.0. The van der Waals surface area contributed by atoms with Crippen molar-refractivity contribution in [2.45, 2.75) is 0 Å². The first-order chi connectivity index (χ1) is 7.43. The minimum absolute atomic E-state index is 0.0629. The summed E-state index contributed by atoms with van der Waals surface area (Å²) in [5, 5.41) is 17.9. The molecule has 2 aromatic rings. The molecule has 0 atom stereocenters. The van der Waals surface area contributed by atoms with E-state index in [0.717, 1.165) is 22.7 Å². The smallest absolute Gasteiger partial charge is 0.339 e. The minimum atomic E-state index is -1.19. The molecule has 0 fully saturated rings. The van der Waals surface area contributed by atoms with Crippen LogP contribution in [0.25, 0.3) is 9.40 Å². The molecule has 0 bridgehead atoms. The number of aromatic carboxylic acids is 2. The summed E-state index contributed by atoms with van der Waals surface area (Å²) in [4.78, 5) is 21.9. The molecule has 0 unspecified atom stereocenters. The summed E-state index contributed by atoms with van der Waals surface area (Å²) in [6, 6.07) is 0. The van der Waals surface area contributed by atoms with E-state index < -0.39 is 11.9 Å². The molecule has 0 saturated carbocycles. The van der Waals surface area contributed by atoms with E-state index >= 15 is 0 Å². The van der Waals surface area contributed by atoms with Gasteiger partial charge in [-0.3, -0.25) is 0 Å². The molecule has 4 nitrogen and oxygen atoms in total. The second kappa shape index (κ2) is 3.89. The molecule has 2 aromatic heterocycles. The number of hydrogen-bond donors (Lipinski definition) is 2. The zero-order valence-electron chi connectivity index (χ0n) is 7.28. The molecular weight excluding hydrogens is 295 g/mol. The van der Waals surface area contributed by atoms with Gasteiger partial charge >= 0.3 is 11.9 Å². The first kappa shape index (κ1) is 11.7. The summed E-state index contributed by atoms with van der Waals surface area (Å²) in [7, 11) is 0. The van der Waals surface area contributed by atoms with Gasteiger partial charge in [-0.15, -0.1) is 22.7 Å².